The van der Waals surface area contributed by atoms with Crippen LogP contribution in [-0.2, 0) is 17.7 Å². The zero-order valence-electron chi connectivity index (χ0n) is 15.7. The SMILES string of the molecule is CC.CC(C)c1cc2c(cc1C1CC1)CN(CCOC(F)(F)F)CC2. The van der Waals surface area contributed by atoms with Gasteiger partial charge < -0.3 is 0 Å². The van der Waals surface area contributed by atoms with E-state index >= 15 is 0 Å². The van der Waals surface area contributed by atoms with Crippen molar-refractivity contribution in [3.05, 3.63) is 34.4 Å². The highest BCUT2D eigenvalue weighted by Crippen LogP contribution is 2.44. The van der Waals surface area contributed by atoms with Gasteiger partial charge in [-0.15, -0.1) is 13.2 Å². The molecule has 3 rings (SSSR count). The topological polar surface area (TPSA) is 12.5 Å². The van der Waals surface area contributed by atoms with Crippen LogP contribution in [0.1, 0.15) is 74.6 Å². The highest BCUT2D eigenvalue weighted by atomic mass is 19.4. The molecule has 0 unspecified atom stereocenters. The molecule has 0 radical (unpaired) electrons. The summed E-state index contributed by atoms with van der Waals surface area (Å²) in [6.07, 6.45) is -1.09. The maximum absolute atomic E-state index is 12.1. The lowest BCUT2D eigenvalue weighted by Crippen LogP contribution is -2.34. The molecule has 0 N–H and O–H groups in total. The van der Waals surface area contributed by atoms with Crippen LogP contribution in [0.5, 0.6) is 0 Å². The van der Waals surface area contributed by atoms with Crippen molar-refractivity contribution in [3.8, 4) is 0 Å². The first-order valence-corrected chi connectivity index (χ1v) is 9.42. The lowest BCUT2D eigenvalue weighted by Gasteiger charge is -2.30. The minimum Gasteiger partial charge on any atom is -0.296 e. The van der Waals surface area contributed by atoms with Gasteiger partial charge in [0.2, 0.25) is 0 Å². The molecule has 2 nitrogen and oxygen atoms in total. The van der Waals surface area contributed by atoms with Crippen LogP contribution in [0.3, 0.4) is 0 Å². The summed E-state index contributed by atoms with van der Waals surface area (Å²) in [5.74, 6) is 1.22. The number of ether oxygens (including phenoxy) is 1. The van der Waals surface area contributed by atoms with Gasteiger partial charge in [-0.25, -0.2) is 0 Å². The predicted octanol–water partition coefficient (Wildman–Crippen LogP) is 5.61. The molecule has 0 saturated heterocycles. The fraction of sp³-hybridized carbons (Fsp3) is 0.700. The van der Waals surface area contributed by atoms with E-state index in [9.17, 15) is 13.2 Å². The summed E-state index contributed by atoms with van der Waals surface area (Å²) in [5.41, 5.74) is 5.58. The van der Waals surface area contributed by atoms with Gasteiger partial charge in [-0.2, -0.15) is 0 Å². The van der Waals surface area contributed by atoms with Crippen molar-refractivity contribution in [1.29, 1.82) is 0 Å². The molecule has 1 aromatic carbocycles. The Morgan fingerprint density at radius 3 is 2.40 bits per heavy atom. The molecule has 0 spiro atoms. The second-order valence-corrected chi connectivity index (χ2v) is 7.00. The molecule has 0 atom stereocenters. The van der Waals surface area contributed by atoms with Gasteiger partial charge in [-0.1, -0.05) is 39.8 Å². The van der Waals surface area contributed by atoms with Crippen LogP contribution >= 0.6 is 0 Å². The summed E-state index contributed by atoms with van der Waals surface area (Å²) >= 11 is 0. The van der Waals surface area contributed by atoms with Crippen molar-refractivity contribution >= 4 is 0 Å². The smallest absolute Gasteiger partial charge is 0.296 e. The van der Waals surface area contributed by atoms with Crippen molar-refractivity contribution in [3.63, 3.8) is 0 Å². The Bertz CT molecular complexity index is 565. The van der Waals surface area contributed by atoms with E-state index in [1.807, 2.05) is 13.8 Å². The number of halogens is 3. The molecule has 1 aromatic rings. The molecule has 2 aliphatic rings. The molecule has 1 fully saturated rings. The van der Waals surface area contributed by atoms with E-state index < -0.39 is 6.36 Å². The molecule has 0 amide bonds. The Balaban J connectivity index is 0.00000109. The molecule has 5 heteroatoms. The van der Waals surface area contributed by atoms with Crippen LogP contribution in [-0.4, -0.2) is 31.0 Å². The second kappa shape index (κ2) is 8.54. The van der Waals surface area contributed by atoms with E-state index in [0.717, 1.165) is 19.5 Å². The van der Waals surface area contributed by atoms with E-state index in [4.69, 9.17) is 0 Å². The minimum absolute atomic E-state index is 0.293. The quantitative estimate of drug-likeness (QED) is 0.679. The first-order chi connectivity index (χ1) is 11.8. The molecule has 1 saturated carbocycles. The van der Waals surface area contributed by atoms with Gasteiger partial charge in [0.25, 0.3) is 0 Å². The highest BCUT2D eigenvalue weighted by Gasteiger charge is 2.30. The van der Waals surface area contributed by atoms with Crippen LogP contribution in [0.2, 0.25) is 0 Å². The number of rotatable bonds is 5. The normalized spacial score (nSPS) is 17.9. The van der Waals surface area contributed by atoms with Crippen molar-refractivity contribution in [2.45, 2.75) is 71.7 Å². The van der Waals surface area contributed by atoms with Crippen LogP contribution < -0.4 is 0 Å². The van der Waals surface area contributed by atoms with Crippen molar-refractivity contribution in [1.82, 2.24) is 4.90 Å². The van der Waals surface area contributed by atoms with Gasteiger partial charge in [0, 0.05) is 19.6 Å². The fourth-order valence-electron chi connectivity index (χ4n) is 3.44. The summed E-state index contributed by atoms with van der Waals surface area (Å²) in [5, 5.41) is 0. The zero-order valence-corrected chi connectivity index (χ0v) is 15.7. The van der Waals surface area contributed by atoms with E-state index in [-0.39, 0.29) is 6.61 Å². The monoisotopic (exact) mass is 357 g/mol. The Morgan fingerprint density at radius 2 is 1.84 bits per heavy atom. The lowest BCUT2D eigenvalue weighted by atomic mass is 9.87. The van der Waals surface area contributed by atoms with Crippen molar-refractivity contribution in [2.75, 3.05) is 19.7 Å². The Hall–Kier alpha value is -1.07. The Morgan fingerprint density at radius 1 is 1.16 bits per heavy atom. The van der Waals surface area contributed by atoms with Gasteiger partial charge in [0.05, 0.1) is 6.61 Å². The lowest BCUT2D eigenvalue weighted by molar-refractivity contribution is -0.325. The largest absolute Gasteiger partial charge is 0.522 e. The molecule has 0 bridgehead atoms. The molecule has 1 aliphatic heterocycles. The average molecular weight is 357 g/mol. The van der Waals surface area contributed by atoms with Crippen LogP contribution in [0.25, 0.3) is 0 Å². The van der Waals surface area contributed by atoms with E-state index in [2.05, 4.69) is 35.6 Å². The molecule has 142 valence electrons. The summed E-state index contributed by atoms with van der Waals surface area (Å²) in [7, 11) is 0. The standard InChI is InChI=1S/C18H24F3NO.C2H6/c1-12(2)16-9-14-5-6-22(7-8-23-18(19,20)21)11-15(14)10-17(16)13-3-4-13;1-2/h9-10,12-13H,3-8,11H2,1-2H3;1-2H3. The van der Waals surface area contributed by atoms with Crippen LogP contribution in [0, 0.1) is 0 Å². The number of nitrogens with zero attached hydrogens (tertiary/aromatic N) is 1. The number of fused-ring (bicyclic) bond motifs is 1. The number of hydrogen-bond donors (Lipinski definition) is 0. The molecule has 1 aliphatic carbocycles. The van der Waals surface area contributed by atoms with E-state index in [0.29, 0.717) is 18.4 Å². The first kappa shape index (κ1) is 20.2. The Labute approximate surface area is 149 Å². The minimum atomic E-state index is -4.53. The summed E-state index contributed by atoms with van der Waals surface area (Å²) in [6, 6.07) is 4.66. The van der Waals surface area contributed by atoms with Gasteiger partial charge in [-0.05, 0) is 53.4 Å². The van der Waals surface area contributed by atoms with Crippen molar-refractivity contribution in [2.24, 2.45) is 0 Å². The summed E-state index contributed by atoms with van der Waals surface area (Å²) < 4.78 is 40.1. The van der Waals surface area contributed by atoms with Gasteiger partial charge in [0.1, 0.15) is 0 Å². The third-order valence-electron chi connectivity index (χ3n) is 4.81. The summed E-state index contributed by atoms with van der Waals surface area (Å²) in [4.78, 5) is 2.06. The number of benzene rings is 1. The van der Waals surface area contributed by atoms with Gasteiger partial charge >= 0.3 is 6.36 Å². The fourth-order valence-corrected chi connectivity index (χ4v) is 3.44. The van der Waals surface area contributed by atoms with Gasteiger partial charge in [-0.3, -0.25) is 9.64 Å². The third kappa shape index (κ3) is 5.71. The number of hydrogen-bond acceptors (Lipinski definition) is 2. The zero-order chi connectivity index (χ0) is 18.6. The van der Waals surface area contributed by atoms with Crippen LogP contribution in [0.4, 0.5) is 13.2 Å². The second-order valence-electron chi connectivity index (χ2n) is 7.00. The maximum Gasteiger partial charge on any atom is 0.522 e. The third-order valence-corrected chi connectivity index (χ3v) is 4.81. The van der Waals surface area contributed by atoms with E-state index in [1.165, 1.54) is 35.1 Å². The highest BCUT2D eigenvalue weighted by molar-refractivity contribution is 5.44. The van der Waals surface area contributed by atoms with Gasteiger partial charge in [0.15, 0.2) is 0 Å². The van der Waals surface area contributed by atoms with Crippen LogP contribution in [0.15, 0.2) is 12.1 Å². The molecule has 1 heterocycles. The Kier molecular flexibility index (Phi) is 6.92. The molecule has 25 heavy (non-hydrogen) atoms. The number of alkyl halides is 3. The average Bonchev–Trinajstić information content (AvgIpc) is 3.39. The van der Waals surface area contributed by atoms with E-state index in [1.54, 1.807) is 0 Å². The maximum atomic E-state index is 12.1. The predicted molar refractivity (Wildman–Crippen MR) is 94.8 cm³/mol. The summed E-state index contributed by atoms with van der Waals surface area (Å²) in [6.45, 7) is 10.0. The first-order valence-electron chi connectivity index (χ1n) is 9.42. The molecule has 0 aromatic heterocycles. The molecular weight excluding hydrogens is 327 g/mol. The van der Waals surface area contributed by atoms with Crippen molar-refractivity contribution < 1.29 is 17.9 Å². The molecular formula is C20H30F3NO.